The normalized spacial score (nSPS) is 18.9. The monoisotopic (exact) mass is 540 g/mol. The number of anilines is 1. The predicted octanol–water partition coefficient (Wildman–Crippen LogP) is 4.28. The topological polar surface area (TPSA) is 104 Å². The Bertz CT molecular complexity index is 1430. The van der Waals surface area contributed by atoms with Crippen molar-refractivity contribution in [1.29, 1.82) is 0 Å². The van der Waals surface area contributed by atoms with Crippen LogP contribution in [0.15, 0.2) is 52.5 Å². The first kappa shape index (κ1) is 24.6. The summed E-state index contributed by atoms with van der Waals surface area (Å²) in [7, 11) is 2.07. The molecule has 0 unspecified atom stereocenters. The van der Waals surface area contributed by atoms with Gasteiger partial charge in [0.2, 0.25) is 0 Å². The number of hydrogen-bond donors (Lipinski definition) is 2. The minimum absolute atomic E-state index is 0.273. The molecule has 11 heteroatoms. The Hall–Kier alpha value is -3.11. The van der Waals surface area contributed by atoms with E-state index in [1.165, 1.54) is 11.8 Å². The summed E-state index contributed by atoms with van der Waals surface area (Å²) in [6.07, 6.45) is 3.32. The molecule has 2 fully saturated rings. The minimum Gasteiger partial charge on any atom is -0.368 e. The Morgan fingerprint density at radius 3 is 2.58 bits per heavy atom. The van der Waals surface area contributed by atoms with E-state index in [0.29, 0.717) is 31.4 Å². The summed E-state index contributed by atoms with van der Waals surface area (Å²) in [5.41, 5.74) is 8.81. The van der Waals surface area contributed by atoms with E-state index in [1.807, 2.05) is 18.2 Å². The van der Waals surface area contributed by atoms with Crippen molar-refractivity contribution in [1.82, 2.24) is 15.2 Å². The lowest BCUT2D eigenvalue weighted by molar-refractivity contribution is -0.115. The van der Waals surface area contributed by atoms with Gasteiger partial charge in [-0.15, -0.1) is 0 Å². The molecule has 0 radical (unpaired) electrons. The number of amidine groups is 1. The molecule has 184 valence electrons. The van der Waals surface area contributed by atoms with Gasteiger partial charge in [0.15, 0.2) is 5.17 Å². The number of likely N-dealkylation sites (N-methyl/N-ethyl adjacent to an activating group) is 1. The lowest BCUT2D eigenvalue weighted by Gasteiger charge is -2.35. The molecule has 0 atom stereocenters. The van der Waals surface area contributed by atoms with Gasteiger partial charge in [-0.1, -0.05) is 35.3 Å². The van der Waals surface area contributed by atoms with E-state index in [1.54, 1.807) is 30.5 Å². The summed E-state index contributed by atoms with van der Waals surface area (Å²) in [5.74, 6) is -0.794. The zero-order valence-electron chi connectivity index (χ0n) is 19.3. The number of amides is 2. The number of nitrogens with two attached hydrogens (primary N) is 1. The molecule has 3 aromatic rings. The lowest BCUT2D eigenvalue weighted by atomic mass is 10.0. The van der Waals surface area contributed by atoms with Crippen LogP contribution in [0, 0.1) is 0 Å². The van der Waals surface area contributed by atoms with Crippen molar-refractivity contribution in [3.63, 3.8) is 0 Å². The zero-order chi connectivity index (χ0) is 25.4. The Balaban J connectivity index is 1.52. The van der Waals surface area contributed by atoms with Crippen molar-refractivity contribution < 1.29 is 9.59 Å². The van der Waals surface area contributed by atoms with Crippen LogP contribution >= 0.6 is 35.0 Å². The number of rotatable bonds is 4. The Morgan fingerprint density at radius 1 is 1.17 bits per heavy atom. The number of nitrogens with zero attached hydrogens (tertiary/aromatic N) is 4. The summed E-state index contributed by atoms with van der Waals surface area (Å²) >= 11 is 13.6. The number of fused-ring (bicyclic) bond motifs is 1. The first-order valence-corrected chi connectivity index (χ1v) is 12.8. The Kier molecular flexibility index (Phi) is 6.90. The van der Waals surface area contributed by atoms with Crippen LogP contribution in [0.1, 0.15) is 15.9 Å². The van der Waals surface area contributed by atoms with Crippen molar-refractivity contribution in [2.24, 2.45) is 10.7 Å². The van der Waals surface area contributed by atoms with E-state index in [2.05, 4.69) is 32.1 Å². The molecule has 0 aliphatic carbocycles. The smallest absolute Gasteiger partial charge is 0.264 e. The molecule has 2 aliphatic heterocycles. The molecule has 0 spiro atoms. The molecule has 3 heterocycles. The number of carbonyl (C=O) groups is 2. The second-order valence-corrected chi connectivity index (χ2v) is 10.3. The van der Waals surface area contributed by atoms with Gasteiger partial charge in [0.25, 0.3) is 11.8 Å². The highest BCUT2D eigenvalue weighted by Gasteiger charge is 2.25. The van der Waals surface area contributed by atoms with Gasteiger partial charge in [-0.05, 0) is 54.7 Å². The summed E-state index contributed by atoms with van der Waals surface area (Å²) < 4.78 is 0. The Labute approximate surface area is 222 Å². The van der Waals surface area contributed by atoms with Gasteiger partial charge in [-0.25, -0.2) is 4.99 Å². The van der Waals surface area contributed by atoms with Crippen LogP contribution in [0.5, 0.6) is 0 Å². The van der Waals surface area contributed by atoms with E-state index in [9.17, 15) is 9.59 Å². The van der Waals surface area contributed by atoms with Crippen molar-refractivity contribution >= 4 is 80.3 Å². The molecule has 5 rings (SSSR count). The van der Waals surface area contributed by atoms with Gasteiger partial charge in [-0.3, -0.25) is 14.6 Å². The van der Waals surface area contributed by atoms with Crippen molar-refractivity contribution in [3.05, 3.63) is 68.7 Å². The van der Waals surface area contributed by atoms with Crippen LogP contribution in [0.3, 0.4) is 0 Å². The number of thioether (sulfide) groups is 1. The number of halogens is 2. The first-order valence-electron chi connectivity index (χ1n) is 11.2. The number of piperazine rings is 1. The molecule has 0 saturated carbocycles. The van der Waals surface area contributed by atoms with E-state index in [-0.39, 0.29) is 5.91 Å². The highest BCUT2D eigenvalue weighted by molar-refractivity contribution is 8.18. The fraction of sp³-hybridized carbons (Fsp3) is 0.200. The summed E-state index contributed by atoms with van der Waals surface area (Å²) in [6.45, 7) is 3.29. The maximum absolute atomic E-state index is 12.7. The molecule has 3 N–H and O–H groups in total. The van der Waals surface area contributed by atoms with Gasteiger partial charge in [0, 0.05) is 37.8 Å². The molecule has 2 aliphatic rings. The van der Waals surface area contributed by atoms with Crippen molar-refractivity contribution in [2.45, 2.75) is 0 Å². The molecule has 36 heavy (non-hydrogen) atoms. The van der Waals surface area contributed by atoms with Crippen LogP contribution in [-0.4, -0.2) is 60.1 Å². The second kappa shape index (κ2) is 10.1. The van der Waals surface area contributed by atoms with Crippen LogP contribution in [0.2, 0.25) is 10.0 Å². The number of para-hydroxylation sites is 1. The molecule has 1 aromatic heterocycles. The molecular weight excluding hydrogens is 519 g/mol. The zero-order valence-corrected chi connectivity index (χ0v) is 21.6. The van der Waals surface area contributed by atoms with Gasteiger partial charge < -0.3 is 20.9 Å². The SMILES string of the molecule is CN1CCN(c2c(C(N)=O)cnc3ccc(/C=C4/SC(=Nc5c(Cl)cccc5Cl)NC4=O)cc23)CC1. The number of primary amides is 1. The van der Waals surface area contributed by atoms with E-state index >= 15 is 0 Å². The van der Waals surface area contributed by atoms with E-state index < -0.39 is 5.91 Å². The maximum Gasteiger partial charge on any atom is 0.264 e. The molecule has 8 nitrogen and oxygen atoms in total. The van der Waals surface area contributed by atoms with E-state index in [0.717, 1.165) is 48.3 Å². The standard InChI is InChI=1S/C25H22Cl2N6O2S/c1-32-7-9-33(10-8-32)22-15-11-14(5-6-19(15)29-13-16(22)23(28)34)12-20-24(35)31-25(36-20)30-21-17(26)3-2-4-18(21)27/h2-6,11-13H,7-10H2,1H3,(H2,28,34)(H,30,31,35)/b20-12+. The van der Waals surface area contributed by atoms with Crippen LogP contribution in [0.4, 0.5) is 11.4 Å². The van der Waals surface area contributed by atoms with Gasteiger partial charge >= 0.3 is 0 Å². The molecule has 2 saturated heterocycles. The third kappa shape index (κ3) is 4.92. The third-order valence-electron chi connectivity index (χ3n) is 6.05. The van der Waals surface area contributed by atoms with Gasteiger partial charge in [-0.2, -0.15) is 0 Å². The van der Waals surface area contributed by atoms with Crippen molar-refractivity contribution in [2.75, 3.05) is 38.1 Å². The number of benzene rings is 2. The molecule has 2 aromatic carbocycles. The van der Waals surface area contributed by atoms with Gasteiger partial charge in [0.05, 0.1) is 31.7 Å². The highest BCUT2D eigenvalue weighted by atomic mass is 35.5. The first-order chi connectivity index (χ1) is 17.3. The maximum atomic E-state index is 12.7. The fourth-order valence-electron chi connectivity index (χ4n) is 4.17. The lowest BCUT2D eigenvalue weighted by Crippen LogP contribution is -2.45. The average Bonchev–Trinajstić information content (AvgIpc) is 3.19. The Morgan fingerprint density at radius 2 is 1.89 bits per heavy atom. The average molecular weight is 541 g/mol. The predicted molar refractivity (Wildman–Crippen MR) is 147 cm³/mol. The fourth-order valence-corrected chi connectivity index (χ4v) is 5.48. The number of aromatic nitrogens is 1. The molecule has 0 bridgehead atoms. The third-order valence-corrected chi connectivity index (χ3v) is 7.57. The number of pyridine rings is 1. The second-order valence-electron chi connectivity index (χ2n) is 8.50. The molecular formula is C25H22Cl2N6O2S. The van der Waals surface area contributed by atoms with Crippen LogP contribution < -0.4 is 16.0 Å². The van der Waals surface area contributed by atoms with E-state index in [4.69, 9.17) is 28.9 Å². The largest absolute Gasteiger partial charge is 0.368 e. The summed E-state index contributed by atoms with van der Waals surface area (Å²) in [5, 5.41) is 4.74. The quantitative estimate of drug-likeness (QED) is 0.478. The van der Waals surface area contributed by atoms with Crippen LogP contribution in [-0.2, 0) is 4.79 Å². The minimum atomic E-state index is -0.521. The van der Waals surface area contributed by atoms with Gasteiger partial charge in [0.1, 0.15) is 5.69 Å². The van der Waals surface area contributed by atoms with Crippen LogP contribution in [0.25, 0.3) is 17.0 Å². The molecule has 2 amide bonds. The van der Waals surface area contributed by atoms with Crippen molar-refractivity contribution in [3.8, 4) is 0 Å². The number of carbonyl (C=O) groups excluding carboxylic acids is 2. The summed E-state index contributed by atoms with van der Waals surface area (Å²) in [6, 6.07) is 10.8. The summed E-state index contributed by atoms with van der Waals surface area (Å²) in [4.78, 5) is 38.7. The number of hydrogen-bond acceptors (Lipinski definition) is 7. The number of nitrogens with one attached hydrogen (secondary N) is 1. The highest BCUT2D eigenvalue weighted by Crippen LogP contribution is 2.36. The number of aliphatic imine (C=N–C) groups is 1.